The number of aromatic carboxylic acids is 1. The zero-order chi connectivity index (χ0) is 14.0. The molecule has 1 aromatic carbocycles. The Kier molecular flexibility index (Phi) is 3.90. The first-order chi connectivity index (χ1) is 8.97. The van der Waals surface area contributed by atoms with Crippen LogP contribution in [0.3, 0.4) is 0 Å². The maximum atomic E-state index is 13.3. The van der Waals surface area contributed by atoms with Gasteiger partial charge in [0.15, 0.2) is 0 Å². The molecule has 2 N–H and O–H groups in total. The Hall–Kier alpha value is -1.82. The molecular weight excluding hydrogens is 317 g/mol. The van der Waals surface area contributed by atoms with Crippen molar-refractivity contribution in [2.24, 2.45) is 0 Å². The van der Waals surface area contributed by atoms with Gasteiger partial charge >= 0.3 is 5.97 Å². The standard InChI is InChI=1S/C13H11BrFNO3/c1-7-8(4-12(19-7)13(17)18)6-16-9-2-3-10(14)11(15)5-9/h2-5,16H,6H2,1H3,(H,17,18). The molecule has 0 saturated carbocycles. The van der Waals surface area contributed by atoms with Crippen LogP contribution in [-0.4, -0.2) is 11.1 Å². The van der Waals surface area contributed by atoms with Gasteiger partial charge in [-0.25, -0.2) is 9.18 Å². The molecule has 19 heavy (non-hydrogen) atoms. The van der Waals surface area contributed by atoms with Gasteiger partial charge in [-0.1, -0.05) is 0 Å². The van der Waals surface area contributed by atoms with Gasteiger partial charge in [-0.05, 0) is 47.1 Å². The van der Waals surface area contributed by atoms with E-state index in [2.05, 4.69) is 21.2 Å². The lowest BCUT2D eigenvalue weighted by atomic mass is 10.2. The van der Waals surface area contributed by atoms with Crippen LogP contribution >= 0.6 is 15.9 Å². The first-order valence-electron chi connectivity index (χ1n) is 5.49. The van der Waals surface area contributed by atoms with Crippen LogP contribution in [0.1, 0.15) is 21.9 Å². The molecule has 100 valence electrons. The predicted molar refractivity (Wildman–Crippen MR) is 71.8 cm³/mol. The van der Waals surface area contributed by atoms with Crippen LogP contribution in [0, 0.1) is 12.7 Å². The fourth-order valence-corrected chi connectivity index (χ4v) is 1.85. The highest BCUT2D eigenvalue weighted by Crippen LogP contribution is 2.21. The molecule has 0 aliphatic carbocycles. The van der Waals surface area contributed by atoms with Gasteiger partial charge in [0.1, 0.15) is 11.6 Å². The van der Waals surface area contributed by atoms with Gasteiger partial charge in [-0.2, -0.15) is 0 Å². The number of carbonyl (C=O) groups is 1. The highest BCUT2D eigenvalue weighted by Gasteiger charge is 2.12. The number of benzene rings is 1. The fraction of sp³-hybridized carbons (Fsp3) is 0.154. The van der Waals surface area contributed by atoms with Gasteiger partial charge in [-0.3, -0.25) is 0 Å². The lowest BCUT2D eigenvalue weighted by Crippen LogP contribution is -2.00. The Morgan fingerprint density at radius 1 is 1.47 bits per heavy atom. The van der Waals surface area contributed by atoms with Crippen molar-refractivity contribution in [3.63, 3.8) is 0 Å². The summed E-state index contributed by atoms with van der Waals surface area (Å²) in [6.07, 6.45) is 0. The van der Waals surface area contributed by atoms with Crippen molar-refractivity contribution in [3.8, 4) is 0 Å². The first kappa shape index (κ1) is 13.6. The van der Waals surface area contributed by atoms with Crippen LogP contribution in [0.25, 0.3) is 0 Å². The molecule has 2 aromatic rings. The quantitative estimate of drug-likeness (QED) is 0.896. The summed E-state index contributed by atoms with van der Waals surface area (Å²) in [7, 11) is 0. The molecule has 4 nitrogen and oxygen atoms in total. The van der Waals surface area contributed by atoms with Crippen molar-refractivity contribution < 1.29 is 18.7 Å². The van der Waals surface area contributed by atoms with Crippen molar-refractivity contribution in [3.05, 3.63) is 51.6 Å². The summed E-state index contributed by atoms with van der Waals surface area (Å²) in [5.41, 5.74) is 1.33. The monoisotopic (exact) mass is 327 g/mol. The molecular formula is C13H11BrFNO3. The highest BCUT2D eigenvalue weighted by molar-refractivity contribution is 9.10. The van der Waals surface area contributed by atoms with Gasteiger partial charge in [0.25, 0.3) is 0 Å². The van der Waals surface area contributed by atoms with Crippen LogP contribution in [-0.2, 0) is 6.54 Å². The molecule has 6 heteroatoms. The van der Waals surface area contributed by atoms with E-state index < -0.39 is 5.97 Å². The number of rotatable bonds is 4. The number of hydrogen-bond acceptors (Lipinski definition) is 3. The van der Waals surface area contributed by atoms with E-state index in [9.17, 15) is 9.18 Å². The van der Waals surface area contributed by atoms with Gasteiger partial charge in [0.05, 0.1) is 4.47 Å². The number of halogens is 2. The molecule has 1 heterocycles. The lowest BCUT2D eigenvalue weighted by molar-refractivity contribution is 0.0661. The van der Waals surface area contributed by atoms with Crippen molar-refractivity contribution >= 4 is 27.6 Å². The van der Waals surface area contributed by atoms with Crippen LogP contribution in [0.4, 0.5) is 10.1 Å². The van der Waals surface area contributed by atoms with E-state index in [0.717, 1.165) is 5.56 Å². The Morgan fingerprint density at radius 2 is 2.21 bits per heavy atom. The minimum atomic E-state index is -1.11. The fourth-order valence-electron chi connectivity index (χ4n) is 1.60. The maximum absolute atomic E-state index is 13.3. The van der Waals surface area contributed by atoms with Crippen molar-refractivity contribution in [1.82, 2.24) is 0 Å². The molecule has 0 radical (unpaired) electrons. The Bertz CT molecular complexity index is 624. The largest absolute Gasteiger partial charge is 0.475 e. The molecule has 2 rings (SSSR count). The Labute approximate surface area is 117 Å². The van der Waals surface area contributed by atoms with Gasteiger partial charge in [-0.15, -0.1) is 0 Å². The Morgan fingerprint density at radius 3 is 2.79 bits per heavy atom. The van der Waals surface area contributed by atoms with E-state index >= 15 is 0 Å². The number of nitrogens with one attached hydrogen (secondary N) is 1. The normalized spacial score (nSPS) is 10.5. The number of furan rings is 1. The van der Waals surface area contributed by atoms with E-state index in [1.54, 1.807) is 19.1 Å². The molecule has 0 aliphatic rings. The summed E-state index contributed by atoms with van der Waals surface area (Å²) in [6, 6.07) is 6.14. The molecule has 0 unspecified atom stereocenters. The summed E-state index contributed by atoms with van der Waals surface area (Å²) < 4.78 is 18.8. The van der Waals surface area contributed by atoms with Gasteiger partial charge in [0, 0.05) is 17.8 Å². The molecule has 1 aromatic heterocycles. The first-order valence-corrected chi connectivity index (χ1v) is 6.28. The summed E-state index contributed by atoms with van der Waals surface area (Å²) in [5, 5.41) is 11.8. The van der Waals surface area contributed by atoms with E-state index in [4.69, 9.17) is 9.52 Å². The average molecular weight is 328 g/mol. The number of anilines is 1. The molecule has 0 aliphatic heterocycles. The molecule has 0 bridgehead atoms. The van der Waals surface area contributed by atoms with Crippen molar-refractivity contribution in [2.75, 3.05) is 5.32 Å². The van der Waals surface area contributed by atoms with E-state index in [-0.39, 0.29) is 11.6 Å². The minimum Gasteiger partial charge on any atom is -0.475 e. The minimum absolute atomic E-state index is 0.101. The van der Waals surface area contributed by atoms with Crippen molar-refractivity contribution in [1.29, 1.82) is 0 Å². The lowest BCUT2D eigenvalue weighted by Gasteiger charge is -2.06. The number of hydrogen-bond donors (Lipinski definition) is 2. The number of carboxylic acid groups (broad SMARTS) is 1. The summed E-state index contributed by atoms with van der Waals surface area (Å²) in [4.78, 5) is 10.8. The second kappa shape index (κ2) is 5.44. The zero-order valence-electron chi connectivity index (χ0n) is 10.0. The number of carboxylic acids is 1. The van der Waals surface area contributed by atoms with Gasteiger partial charge < -0.3 is 14.8 Å². The third-order valence-corrected chi connectivity index (χ3v) is 3.28. The predicted octanol–water partition coefficient (Wildman–Crippen LogP) is 3.80. The van der Waals surface area contributed by atoms with E-state index in [1.165, 1.54) is 12.1 Å². The summed E-state index contributed by atoms with van der Waals surface area (Å²) in [6.45, 7) is 2.05. The smallest absolute Gasteiger partial charge is 0.371 e. The number of aryl methyl sites for hydroxylation is 1. The molecule has 0 fully saturated rings. The summed E-state index contributed by atoms with van der Waals surface area (Å²) in [5.74, 6) is -1.04. The van der Waals surface area contributed by atoms with E-state index in [0.29, 0.717) is 22.5 Å². The molecule has 0 amide bonds. The maximum Gasteiger partial charge on any atom is 0.371 e. The highest BCUT2D eigenvalue weighted by atomic mass is 79.9. The third-order valence-electron chi connectivity index (χ3n) is 2.63. The second-order valence-corrected chi connectivity index (χ2v) is 4.83. The van der Waals surface area contributed by atoms with E-state index in [1.807, 2.05) is 0 Å². The molecule has 0 atom stereocenters. The van der Waals surface area contributed by atoms with Crippen LogP contribution in [0.2, 0.25) is 0 Å². The Balaban J connectivity index is 2.09. The van der Waals surface area contributed by atoms with Gasteiger partial charge in [0.2, 0.25) is 5.76 Å². The van der Waals surface area contributed by atoms with Crippen molar-refractivity contribution in [2.45, 2.75) is 13.5 Å². The molecule has 0 spiro atoms. The van der Waals surface area contributed by atoms with Crippen LogP contribution < -0.4 is 5.32 Å². The summed E-state index contributed by atoms with van der Waals surface area (Å²) >= 11 is 3.07. The second-order valence-electron chi connectivity index (χ2n) is 3.98. The third kappa shape index (κ3) is 3.14. The van der Waals surface area contributed by atoms with Crippen LogP contribution in [0.15, 0.2) is 33.2 Å². The van der Waals surface area contributed by atoms with Crippen LogP contribution in [0.5, 0.6) is 0 Å². The topological polar surface area (TPSA) is 62.5 Å². The SMILES string of the molecule is Cc1oc(C(=O)O)cc1CNc1ccc(Br)c(F)c1. The average Bonchev–Trinajstić information content (AvgIpc) is 2.73. The zero-order valence-corrected chi connectivity index (χ0v) is 11.6. The molecule has 0 saturated heterocycles.